The van der Waals surface area contributed by atoms with E-state index in [1.54, 1.807) is 16.7 Å². The number of ether oxygens (including phenoxy) is 2. The number of urea groups is 1. The molecule has 0 bridgehead atoms. The van der Waals surface area contributed by atoms with Gasteiger partial charge in [-0.05, 0) is 18.9 Å². The first-order valence-electron chi connectivity index (χ1n) is 13.1. The first kappa shape index (κ1) is 28.4. The summed E-state index contributed by atoms with van der Waals surface area (Å²) in [6.45, 7) is 10.5. The van der Waals surface area contributed by atoms with Crippen molar-refractivity contribution in [1.29, 1.82) is 0 Å². The van der Waals surface area contributed by atoms with Crippen molar-refractivity contribution in [2.24, 2.45) is 5.41 Å². The van der Waals surface area contributed by atoms with Gasteiger partial charge in [-0.3, -0.25) is 9.59 Å². The molecule has 1 aromatic carbocycles. The standard InChI is InChI=1S/C27H40N4O6/c1-5-6-12-21(23(32)24(33)28-19(2)20-10-8-7-9-11-20)29-25(34)37-22-17-31(18-27(22,3)4)26(35)30-13-15-36-16-14-30/h7-11,19,21-22H,5-6,12-18H2,1-4H3,(H,28,33)(H,29,34)/t19-,21+,22-/m1/s1. The average molecular weight is 517 g/mol. The monoisotopic (exact) mass is 516 g/mol. The van der Waals surface area contributed by atoms with E-state index in [9.17, 15) is 19.2 Å². The molecule has 0 spiro atoms. The number of likely N-dealkylation sites (tertiary alicyclic amines) is 1. The third-order valence-corrected chi connectivity index (χ3v) is 6.98. The number of ketones is 1. The lowest BCUT2D eigenvalue weighted by atomic mass is 9.90. The molecule has 0 radical (unpaired) electrons. The highest BCUT2D eigenvalue weighted by Gasteiger charge is 2.45. The van der Waals surface area contributed by atoms with Crippen LogP contribution in [0, 0.1) is 5.41 Å². The van der Waals surface area contributed by atoms with Crippen molar-refractivity contribution in [3.8, 4) is 0 Å². The van der Waals surface area contributed by atoms with Crippen LogP contribution in [0.15, 0.2) is 30.3 Å². The molecule has 2 saturated heterocycles. The van der Waals surface area contributed by atoms with Gasteiger partial charge in [-0.15, -0.1) is 0 Å². The molecule has 0 aromatic heterocycles. The number of amides is 4. The van der Waals surface area contributed by atoms with E-state index < -0.39 is 35.3 Å². The summed E-state index contributed by atoms with van der Waals surface area (Å²) in [6.07, 6.45) is 0.474. The van der Waals surface area contributed by atoms with Crippen molar-refractivity contribution in [3.63, 3.8) is 0 Å². The molecule has 2 N–H and O–H groups in total. The Morgan fingerprint density at radius 2 is 1.76 bits per heavy atom. The van der Waals surface area contributed by atoms with Crippen LogP contribution in [0.4, 0.5) is 9.59 Å². The van der Waals surface area contributed by atoms with E-state index in [-0.39, 0.29) is 18.6 Å². The number of Topliss-reactive ketones (excluding diaryl/α,β-unsaturated/α-hetero) is 1. The molecule has 2 heterocycles. The predicted molar refractivity (Wildman–Crippen MR) is 138 cm³/mol. The minimum Gasteiger partial charge on any atom is -0.444 e. The molecule has 2 aliphatic heterocycles. The maximum atomic E-state index is 13.0. The van der Waals surface area contributed by atoms with Gasteiger partial charge in [-0.25, -0.2) is 9.59 Å². The summed E-state index contributed by atoms with van der Waals surface area (Å²) in [6, 6.07) is 7.90. The summed E-state index contributed by atoms with van der Waals surface area (Å²) in [5.74, 6) is -1.45. The number of morpholine rings is 1. The van der Waals surface area contributed by atoms with Crippen molar-refractivity contribution in [2.45, 2.75) is 65.1 Å². The van der Waals surface area contributed by atoms with Crippen LogP contribution >= 0.6 is 0 Å². The molecule has 37 heavy (non-hydrogen) atoms. The van der Waals surface area contributed by atoms with Crippen LogP contribution < -0.4 is 10.6 Å². The van der Waals surface area contributed by atoms with Gasteiger partial charge >= 0.3 is 12.1 Å². The number of hydrogen-bond acceptors (Lipinski definition) is 6. The minimum absolute atomic E-state index is 0.0944. The molecule has 3 rings (SSSR count). The highest BCUT2D eigenvalue weighted by atomic mass is 16.6. The van der Waals surface area contributed by atoms with Crippen molar-refractivity contribution >= 4 is 23.8 Å². The van der Waals surface area contributed by atoms with Crippen molar-refractivity contribution in [1.82, 2.24) is 20.4 Å². The largest absolute Gasteiger partial charge is 0.444 e. The molecule has 4 amide bonds. The Labute approximate surface area is 219 Å². The summed E-state index contributed by atoms with van der Waals surface area (Å²) in [5, 5.41) is 5.34. The van der Waals surface area contributed by atoms with E-state index in [0.29, 0.717) is 45.7 Å². The lowest BCUT2D eigenvalue weighted by Crippen LogP contribution is -2.49. The molecule has 1 aromatic rings. The zero-order valence-corrected chi connectivity index (χ0v) is 22.3. The van der Waals surface area contributed by atoms with Crippen LogP contribution in [0.3, 0.4) is 0 Å². The summed E-state index contributed by atoms with van der Waals surface area (Å²) in [7, 11) is 0. The second-order valence-corrected chi connectivity index (χ2v) is 10.5. The van der Waals surface area contributed by atoms with Gasteiger partial charge in [0, 0.05) is 25.0 Å². The van der Waals surface area contributed by atoms with Gasteiger partial charge in [0.2, 0.25) is 5.78 Å². The molecule has 0 saturated carbocycles. The van der Waals surface area contributed by atoms with Crippen molar-refractivity contribution in [2.75, 3.05) is 39.4 Å². The Kier molecular flexibility index (Phi) is 9.91. The third-order valence-electron chi connectivity index (χ3n) is 6.98. The van der Waals surface area contributed by atoms with Crippen LogP contribution in [0.5, 0.6) is 0 Å². The summed E-state index contributed by atoms with van der Waals surface area (Å²) in [4.78, 5) is 54.9. The number of rotatable bonds is 9. The first-order valence-corrected chi connectivity index (χ1v) is 13.1. The summed E-state index contributed by atoms with van der Waals surface area (Å²) >= 11 is 0. The van der Waals surface area contributed by atoms with Crippen LogP contribution in [0.2, 0.25) is 0 Å². The minimum atomic E-state index is -0.994. The Balaban J connectivity index is 1.58. The molecule has 0 aliphatic carbocycles. The van der Waals surface area contributed by atoms with Crippen molar-refractivity contribution < 1.29 is 28.7 Å². The van der Waals surface area contributed by atoms with Crippen LogP contribution in [-0.4, -0.2) is 85.2 Å². The number of hydrogen-bond donors (Lipinski definition) is 2. The molecule has 10 heteroatoms. The molecule has 3 atom stereocenters. The molecular weight excluding hydrogens is 476 g/mol. The van der Waals surface area contributed by atoms with E-state index in [4.69, 9.17) is 9.47 Å². The van der Waals surface area contributed by atoms with Gasteiger partial charge in [-0.1, -0.05) is 63.9 Å². The SMILES string of the molecule is CCCC[C@H](NC(=O)O[C@@H]1CN(C(=O)N2CCOCC2)CC1(C)C)C(=O)C(=O)N[C@H](C)c1ccccc1. The maximum Gasteiger partial charge on any atom is 0.408 e. The van der Waals surface area contributed by atoms with Crippen LogP contribution in [-0.2, 0) is 19.1 Å². The molecule has 2 aliphatic rings. The van der Waals surface area contributed by atoms with Gasteiger partial charge in [0.15, 0.2) is 0 Å². The van der Waals surface area contributed by atoms with Crippen LogP contribution in [0.25, 0.3) is 0 Å². The van der Waals surface area contributed by atoms with Gasteiger partial charge in [-0.2, -0.15) is 0 Å². The van der Waals surface area contributed by atoms with E-state index >= 15 is 0 Å². The fraction of sp³-hybridized carbons (Fsp3) is 0.630. The second-order valence-electron chi connectivity index (χ2n) is 10.5. The number of unbranched alkanes of at least 4 members (excludes halogenated alkanes) is 1. The first-order chi connectivity index (χ1) is 17.6. The molecular formula is C27H40N4O6. The lowest BCUT2D eigenvalue weighted by Gasteiger charge is -2.31. The quantitative estimate of drug-likeness (QED) is 0.488. The summed E-state index contributed by atoms with van der Waals surface area (Å²) in [5.41, 5.74) is 0.408. The Hall–Kier alpha value is -3.14. The third kappa shape index (κ3) is 7.67. The number of carbonyl (C=O) groups is 4. The van der Waals surface area contributed by atoms with E-state index in [2.05, 4.69) is 10.6 Å². The zero-order valence-electron chi connectivity index (χ0n) is 22.3. The zero-order chi connectivity index (χ0) is 27.0. The van der Waals surface area contributed by atoms with Gasteiger partial charge < -0.3 is 29.9 Å². The van der Waals surface area contributed by atoms with Gasteiger partial charge in [0.1, 0.15) is 12.1 Å². The van der Waals surface area contributed by atoms with E-state index in [1.165, 1.54) is 0 Å². The predicted octanol–water partition coefficient (Wildman–Crippen LogP) is 2.88. The van der Waals surface area contributed by atoms with Gasteiger partial charge in [0.05, 0.1) is 25.8 Å². The number of nitrogens with zero attached hydrogens (tertiary/aromatic N) is 2. The smallest absolute Gasteiger partial charge is 0.408 e. The summed E-state index contributed by atoms with van der Waals surface area (Å²) < 4.78 is 11.0. The molecule has 2 fully saturated rings. The number of alkyl carbamates (subject to hydrolysis) is 1. The van der Waals surface area contributed by atoms with E-state index in [1.807, 2.05) is 51.1 Å². The molecule has 204 valence electrons. The highest BCUT2D eigenvalue weighted by molar-refractivity contribution is 6.38. The van der Waals surface area contributed by atoms with Gasteiger partial charge in [0.25, 0.3) is 5.91 Å². The average Bonchev–Trinajstić information content (AvgIpc) is 3.19. The Morgan fingerprint density at radius 1 is 1.08 bits per heavy atom. The highest BCUT2D eigenvalue weighted by Crippen LogP contribution is 2.33. The normalized spacial score (nSPS) is 20.6. The van der Waals surface area contributed by atoms with E-state index in [0.717, 1.165) is 12.0 Å². The molecule has 0 unspecified atom stereocenters. The lowest BCUT2D eigenvalue weighted by molar-refractivity contribution is -0.139. The maximum absolute atomic E-state index is 13.0. The number of carbonyl (C=O) groups excluding carboxylic acids is 4. The van der Waals surface area contributed by atoms with Crippen LogP contribution in [0.1, 0.15) is 58.6 Å². The Morgan fingerprint density at radius 3 is 2.41 bits per heavy atom. The number of benzene rings is 1. The topological polar surface area (TPSA) is 117 Å². The number of nitrogens with one attached hydrogen (secondary N) is 2. The molecule has 10 nitrogen and oxygen atoms in total. The Bertz CT molecular complexity index is 947. The fourth-order valence-corrected chi connectivity index (χ4v) is 4.64. The fourth-order valence-electron chi connectivity index (χ4n) is 4.64. The van der Waals surface area contributed by atoms with Crippen molar-refractivity contribution in [3.05, 3.63) is 35.9 Å². The second kappa shape index (κ2) is 12.9.